The van der Waals surface area contributed by atoms with E-state index in [-0.39, 0.29) is 12.1 Å². The van der Waals surface area contributed by atoms with Crippen molar-refractivity contribution in [2.45, 2.75) is 38.5 Å². The van der Waals surface area contributed by atoms with Gasteiger partial charge < -0.3 is 5.11 Å². The molecule has 1 aromatic carbocycles. The topological polar surface area (TPSA) is 74.7 Å². The SMILES string of the molecule is CC(C)(C)S(=O)(=O)N1CCc2c(cccc2C(=O)O)C1. The lowest BCUT2D eigenvalue weighted by molar-refractivity contribution is 0.0695. The van der Waals surface area contributed by atoms with Crippen molar-refractivity contribution in [3.63, 3.8) is 0 Å². The molecule has 0 aromatic heterocycles. The van der Waals surface area contributed by atoms with Crippen LogP contribution in [0.25, 0.3) is 0 Å². The molecule has 0 unspecified atom stereocenters. The van der Waals surface area contributed by atoms with Gasteiger partial charge in [-0.3, -0.25) is 0 Å². The van der Waals surface area contributed by atoms with E-state index in [9.17, 15) is 13.2 Å². The maximum atomic E-state index is 12.4. The van der Waals surface area contributed by atoms with E-state index in [4.69, 9.17) is 5.11 Å². The van der Waals surface area contributed by atoms with E-state index in [0.29, 0.717) is 13.0 Å². The maximum absolute atomic E-state index is 12.4. The molecule has 1 aromatic rings. The van der Waals surface area contributed by atoms with E-state index in [1.165, 1.54) is 4.31 Å². The largest absolute Gasteiger partial charge is 0.478 e. The number of aromatic carboxylic acids is 1. The van der Waals surface area contributed by atoms with Gasteiger partial charge in [-0.1, -0.05) is 12.1 Å². The highest BCUT2D eigenvalue weighted by Crippen LogP contribution is 2.28. The summed E-state index contributed by atoms with van der Waals surface area (Å²) in [6.45, 7) is 5.59. The fourth-order valence-electron chi connectivity index (χ4n) is 2.38. The first kappa shape index (κ1) is 15.0. The third-order valence-electron chi connectivity index (χ3n) is 3.58. The Bertz CT molecular complexity index is 644. The van der Waals surface area contributed by atoms with Crippen LogP contribution in [0.4, 0.5) is 0 Å². The summed E-state index contributed by atoms with van der Waals surface area (Å²) < 4.78 is 25.5. The van der Waals surface area contributed by atoms with Crippen LogP contribution >= 0.6 is 0 Å². The predicted octanol–water partition coefficient (Wildman–Crippen LogP) is 1.87. The zero-order valence-corrected chi connectivity index (χ0v) is 12.7. The van der Waals surface area contributed by atoms with Crippen molar-refractivity contribution in [2.24, 2.45) is 0 Å². The van der Waals surface area contributed by atoms with Crippen molar-refractivity contribution in [2.75, 3.05) is 6.54 Å². The lowest BCUT2D eigenvalue weighted by Gasteiger charge is -2.33. The van der Waals surface area contributed by atoms with Gasteiger partial charge in [0.15, 0.2) is 0 Å². The van der Waals surface area contributed by atoms with Crippen LogP contribution in [-0.2, 0) is 23.0 Å². The normalized spacial score (nSPS) is 16.8. The molecule has 0 atom stereocenters. The molecule has 0 saturated heterocycles. The molecule has 5 nitrogen and oxygen atoms in total. The van der Waals surface area contributed by atoms with Gasteiger partial charge in [0, 0.05) is 13.1 Å². The molecular weight excluding hydrogens is 278 g/mol. The van der Waals surface area contributed by atoms with Crippen molar-refractivity contribution in [3.8, 4) is 0 Å². The Morgan fingerprint density at radius 3 is 2.50 bits per heavy atom. The number of sulfonamides is 1. The molecule has 1 heterocycles. The standard InChI is InChI=1S/C14H19NO4S/c1-14(2,3)20(18,19)15-8-7-11-10(9-15)5-4-6-12(11)13(16)17/h4-6H,7-9H2,1-3H3,(H,16,17). The summed E-state index contributed by atoms with van der Waals surface area (Å²) in [7, 11) is -3.39. The second-order valence-electron chi connectivity index (χ2n) is 5.95. The van der Waals surface area contributed by atoms with Gasteiger partial charge >= 0.3 is 5.97 Å². The van der Waals surface area contributed by atoms with Crippen LogP contribution in [0.5, 0.6) is 0 Å². The van der Waals surface area contributed by atoms with Crippen LogP contribution < -0.4 is 0 Å². The number of carboxylic acid groups (broad SMARTS) is 1. The minimum Gasteiger partial charge on any atom is -0.478 e. The van der Waals surface area contributed by atoms with Gasteiger partial charge in [-0.25, -0.2) is 13.2 Å². The van der Waals surface area contributed by atoms with E-state index in [1.54, 1.807) is 39.0 Å². The van der Waals surface area contributed by atoms with Crippen molar-refractivity contribution in [3.05, 3.63) is 34.9 Å². The highest BCUT2D eigenvalue weighted by atomic mass is 32.2. The third kappa shape index (κ3) is 2.45. The quantitative estimate of drug-likeness (QED) is 0.904. The highest BCUT2D eigenvalue weighted by Gasteiger charge is 2.37. The Hall–Kier alpha value is -1.40. The fourth-order valence-corrected chi connectivity index (χ4v) is 3.79. The predicted molar refractivity (Wildman–Crippen MR) is 76.2 cm³/mol. The molecular formula is C14H19NO4S. The smallest absolute Gasteiger partial charge is 0.335 e. The molecule has 0 spiro atoms. The zero-order valence-electron chi connectivity index (χ0n) is 11.9. The molecule has 0 radical (unpaired) electrons. The van der Waals surface area contributed by atoms with Gasteiger partial charge in [-0.05, 0) is 44.4 Å². The van der Waals surface area contributed by atoms with Crippen LogP contribution in [-0.4, -0.2) is 35.1 Å². The summed E-state index contributed by atoms with van der Waals surface area (Å²) in [4.78, 5) is 11.2. The number of carboxylic acids is 1. The molecule has 0 saturated carbocycles. The molecule has 1 aliphatic heterocycles. The van der Waals surface area contributed by atoms with E-state index in [1.807, 2.05) is 0 Å². The average molecular weight is 297 g/mol. The summed E-state index contributed by atoms with van der Waals surface area (Å²) in [6, 6.07) is 5.02. The summed E-state index contributed by atoms with van der Waals surface area (Å²) in [5.41, 5.74) is 1.81. The van der Waals surface area contributed by atoms with Gasteiger partial charge in [0.1, 0.15) is 0 Å². The summed E-state index contributed by atoms with van der Waals surface area (Å²) >= 11 is 0. The van der Waals surface area contributed by atoms with Crippen molar-refractivity contribution in [1.29, 1.82) is 0 Å². The van der Waals surface area contributed by atoms with Crippen LogP contribution in [0.3, 0.4) is 0 Å². The molecule has 0 amide bonds. The Morgan fingerprint density at radius 1 is 1.30 bits per heavy atom. The van der Waals surface area contributed by atoms with E-state index >= 15 is 0 Å². The van der Waals surface area contributed by atoms with Gasteiger partial charge in [0.05, 0.1) is 10.3 Å². The first-order valence-corrected chi connectivity index (χ1v) is 7.92. The number of fused-ring (bicyclic) bond motifs is 1. The fraction of sp³-hybridized carbons (Fsp3) is 0.500. The molecule has 1 N–H and O–H groups in total. The Morgan fingerprint density at radius 2 is 1.95 bits per heavy atom. The third-order valence-corrected chi connectivity index (χ3v) is 6.11. The number of nitrogens with zero attached hydrogens (tertiary/aromatic N) is 1. The number of rotatable bonds is 2. The molecule has 1 aliphatic rings. The van der Waals surface area contributed by atoms with Gasteiger partial charge in [0.25, 0.3) is 0 Å². The van der Waals surface area contributed by atoms with Crippen LogP contribution in [0.2, 0.25) is 0 Å². The van der Waals surface area contributed by atoms with Crippen molar-refractivity contribution < 1.29 is 18.3 Å². The number of carbonyl (C=O) groups is 1. The summed E-state index contributed by atoms with van der Waals surface area (Å²) in [5, 5.41) is 9.16. The first-order valence-electron chi connectivity index (χ1n) is 6.48. The molecule has 2 rings (SSSR count). The lowest BCUT2D eigenvalue weighted by atomic mass is 9.95. The molecule has 20 heavy (non-hydrogen) atoms. The van der Waals surface area contributed by atoms with Crippen LogP contribution in [0.15, 0.2) is 18.2 Å². The second kappa shape index (κ2) is 4.86. The number of hydrogen-bond acceptors (Lipinski definition) is 3. The van der Waals surface area contributed by atoms with Gasteiger partial charge in [0.2, 0.25) is 10.0 Å². The minimum atomic E-state index is -3.39. The molecule has 0 bridgehead atoms. The number of benzene rings is 1. The van der Waals surface area contributed by atoms with E-state index in [0.717, 1.165) is 11.1 Å². The maximum Gasteiger partial charge on any atom is 0.335 e. The van der Waals surface area contributed by atoms with Gasteiger partial charge in [-0.2, -0.15) is 4.31 Å². The van der Waals surface area contributed by atoms with E-state index < -0.39 is 20.7 Å². The lowest BCUT2D eigenvalue weighted by Crippen LogP contribution is -2.45. The Kier molecular flexibility index (Phi) is 3.64. The average Bonchev–Trinajstić information content (AvgIpc) is 2.35. The Labute approximate surface area is 119 Å². The molecule has 6 heteroatoms. The van der Waals surface area contributed by atoms with Crippen LogP contribution in [0.1, 0.15) is 42.3 Å². The van der Waals surface area contributed by atoms with Gasteiger partial charge in [-0.15, -0.1) is 0 Å². The second-order valence-corrected chi connectivity index (χ2v) is 8.64. The summed E-state index contributed by atoms with van der Waals surface area (Å²) in [5.74, 6) is -0.964. The molecule has 0 fully saturated rings. The highest BCUT2D eigenvalue weighted by molar-refractivity contribution is 7.90. The zero-order chi connectivity index (χ0) is 15.1. The van der Waals surface area contributed by atoms with Crippen molar-refractivity contribution in [1.82, 2.24) is 4.31 Å². The van der Waals surface area contributed by atoms with E-state index in [2.05, 4.69) is 0 Å². The monoisotopic (exact) mass is 297 g/mol. The minimum absolute atomic E-state index is 0.246. The first-order chi connectivity index (χ1) is 9.14. The Balaban J connectivity index is 2.39. The number of hydrogen-bond donors (Lipinski definition) is 1. The molecule has 110 valence electrons. The van der Waals surface area contributed by atoms with Crippen molar-refractivity contribution >= 4 is 16.0 Å². The van der Waals surface area contributed by atoms with Crippen LogP contribution in [0, 0.1) is 0 Å². The molecule has 0 aliphatic carbocycles. The summed E-state index contributed by atoms with van der Waals surface area (Å²) in [6.07, 6.45) is 0.438.